The van der Waals surface area contributed by atoms with E-state index in [0.29, 0.717) is 0 Å². The zero-order valence-electron chi connectivity index (χ0n) is 5.70. The minimum atomic E-state index is -1.45. The Kier molecular flexibility index (Phi) is 2.23. The summed E-state index contributed by atoms with van der Waals surface area (Å²) in [5, 5.41) is 17.9. The summed E-state index contributed by atoms with van der Waals surface area (Å²) >= 11 is 0. The summed E-state index contributed by atoms with van der Waals surface area (Å²) in [5.41, 5.74) is 0. The average Bonchev–Trinajstić information content (AvgIpc) is 1.93. The molecule has 1 aliphatic rings. The van der Waals surface area contributed by atoms with E-state index in [1.807, 2.05) is 0 Å². The van der Waals surface area contributed by atoms with Gasteiger partial charge < -0.3 is 14.9 Å². The molecule has 1 heterocycles. The van der Waals surface area contributed by atoms with E-state index < -0.39 is 24.5 Å². The second-order valence-electron chi connectivity index (χ2n) is 2.54. The highest BCUT2D eigenvalue weighted by Gasteiger charge is 2.35. The van der Waals surface area contributed by atoms with Gasteiger partial charge in [-0.25, -0.2) is 4.39 Å². The number of alkyl halides is 1. The predicted octanol–water partition coefficient (Wildman–Crippen LogP) is -0.535. The molecule has 0 aliphatic carbocycles. The monoisotopic (exact) mass is 150 g/mol. The summed E-state index contributed by atoms with van der Waals surface area (Å²) < 4.78 is 17.3. The van der Waals surface area contributed by atoms with Gasteiger partial charge >= 0.3 is 0 Å². The molecule has 0 aromatic rings. The molecule has 1 rings (SSSR count). The number of ether oxygens (including phenoxy) is 1. The number of aliphatic hydroxyl groups excluding tert-OH is 2. The molecule has 4 atom stereocenters. The van der Waals surface area contributed by atoms with Gasteiger partial charge in [-0.2, -0.15) is 0 Å². The van der Waals surface area contributed by atoms with Crippen LogP contribution in [-0.2, 0) is 4.74 Å². The first-order chi connectivity index (χ1) is 4.63. The first kappa shape index (κ1) is 7.91. The van der Waals surface area contributed by atoms with Gasteiger partial charge in [0, 0.05) is 0 Å². The highest BCUT2D eigenvalue weighted by Crippen LogP contribution is 2.16. The Morgan fingerprint density at radius 2 is 2.00 bits per heavy atom. The molecule has 0 amide bonds. The van der Waals surface area contributed by atoms with E-state index in [1.165, 1.54) is 0 Å². The van der Waals surface area contributed by atoms with Crippen molar-refractivity contribution in [2.75, 3.05) is 6.61 Å². The normalized spacial score (nSPS) is 49.2. The van der Waals surface area contributed by atoms with Crippen LogP contribution in [0.15, 0.2) is 0 Å². The summed E-state index contributed by atoms with van der Waals surface area (Å²) in [7, 11) is 0. The predicted molar refractivity (Wildman–Crippen MR) is 32.3 cm³/mol. The first-order valence-electron chi connectivity index (χ1n) is 3.24. The van der Waals surface area contributed by atoms with Crippen molar-refractivity contribution in [2.45, 2.75) is 31.4 Å². The molecule has 1 aliphatic heterocycles. The van der Waals surface area contributed by atoms with Gasteiger partial charge in [-0.05, 0) is 6.92 Å². The van der Waals surface area contributed by atoms with Crippen LogP contribution in [0.3, 0.4) is 0 Å². The first-order valence-corrected chi connectivity index (χ1v) is 3.24. The fourth-order valence-electron chi connectivity index (χ4n) is 0.933. The third-order valence-corrected chi connectivity index (χ3v) is 1.72. The summed E-state index contributed by atoms with van der Waals surface area (Å²) in [6.45, 7) is 1.47. The van der Waals surface area contributed by atoms with Crippen molar-refractivity contribution >= 4 is 0 Å². The Bertz CT molecular complexity index is 106. The molecule has 0 spiro atoms. The van der Waals surface area contributed by atoms with Crippen molar-refractivity contribution in [3.05, 3.63) is 0 Å². The van der Waals surface area contributed by atoms with Crippen molar-refractivity contribution in [3.63, 3.8) is 0 Å². The molecule has 3 nitrogen and oxygen atoms in total. The SMILES string of the molecule is C[C@H]1OC[C@H](F)[C@@H](O)[C@H]1O. The minimum Gasteiger partial charge on any atom is -0.388 e. The summed E-state index contributed by atoms with van der Waals surface area (Å²) in [4.78, 5) is 0. The topological polar surface area (TPSA) is 49.7 Å². The highest BCUT2D eigenvalue weighted by atomic mass is 19.1. The van der Waals surface area contributed by atoms with Gasteiger partial charge in [0.15, 0.2) is 6.17 Å². The average molecular weight is 150 g/mol. The van der Waals surface area contributed by atoms with Gasteiger partial charge in [0.25, 0.3) is 0 Å². The van der Waals surface area contributed by atoms with E-state index in [2.05, 4.69) is 0 Å². The molecule has 10 heavy (non-hydrogen) atoms. The Morgan fingerprint density at radius 1 is 1.40 bits per heavy atom. The quantitative estimate of drug-likeness (QED) is 0.488. The zero-order valence-corrected chi connectivity index (χ0v) is 5.70. The molecule has 1 fully saturated rings. The van der Waals surface area contributed by atoms with Crippen molar-refractivity contribution in [1.29, 1.82) is 0 Å². The van der Waals surface area contributed by atoms with Crippen molar-refractivity contribution in [1.82, 2.24) is 0 Å². The zero-order chi connectivity index (χ0) is 7.72. The second-order valence-corrected chi connectivity index (χ2v) is 2.54. The molecule has 0 aromatic heterocycles. The standard InChI is InChI=1S/C6H11FO3/c1-3-5(8)6(9)4(7)2-10-3/h3-6,8-9H,2H2,1H3/t3-,4+,5+,6-/m1/s1. The van der Waals surface area contributed by atoms with E-state index in [1.54, 1.807) is 6.92 Å². The van der Waals surface area contributed by atoms with Crippen molar-refractivity contribution in [2.24, 2.45) is 0 Å². The Labute approximate surface area is 58.4 Å². The molecule has 0 aromatic carbocycles. The maximum Gasteiger partial charge on any atom is 0.152 e. The number of hydrogen-bond donors (Lipinski definition) is 2. The molecule has 1 saturated heterocycles. The molecule has 2 N–H and O–H groups in total. The van der Waals surface area contributed by atoms with Gasteiger partial charge in [0.2, 0.25) is 0 Å². The van der Waals surface area contributed by atoms with Crippen molar-refractivity contribution in [3.8, 4) is 0 Å². The van der Waals surface area contributed by atoms with Gasteiger partial charge in [0.05, 0.1) is 12.7 Å². The van der Waals surface area contributed by atoms with Gasteiger partial charge in [0.1, 0.15) is 12.2 Å². The largest absolute Gasteiger partial charge is 0.388 e. The smallest absolute Gasteiger partial charge is 0.152 e. The molecule has 0 radical (unpaired) electrons. The maximum absolute atomic E-state index is 12.5. The van der Waals surface area contributed by atoms with Crippen LogP contribution in [0.1, 0.15) is 6.92 Å². The second kappa shape index (κ2) is 2.82. The van der Waals surface area contributed by atoms with Crippen LogP contribution >= 0.6 is 0 Å². The fourth-order valence-corrected chi connectivity index (χ4v) is 0.933. The van der Waals surface area contributed by atoms with Crippen LogP contribution in [0.2, 0.25) is 0 Å². The molecular weight excluding hydrogens is 139 g/mol. The lowest BCUT2D eigenvalue weighted by Crippen LogP contribution is -2.49. The van der Waals surface area contributed by atoms with E-state index in [9.17, 15) is 4.39 Å². The third-order valence-electron chi connectivity index (χ3n) is 1.72. The van der Waals surface area contributed by atoms with E-state index in [4.69, 9.17) is 14.9 Å². The lowest BCUT2D eigenvalue weighted by molar-refractivity contribution is -0.162. The summed E-state index contributed by atoms with van der Waals surface area (Å²) in [6, 6.07) is 0. The molecular formula is C6H11FO3. The highest BCUT2D eigenvalue weighted by molar-refractivity contribution is 4.84. The van der Waals surface area contributed by atoms with E-state index in [-0.39, 0.29) is 6.61 Å². The minimum absolute atomic E-state index is 0.126. The van der Waals surface area contributed by atoms with E-state index >= 15 is 0 Å². The van der Waals surface area contributed by atoms with Crippen LogP contribution in [0.25, 0.3) is 0 Å². The van der Waals surface area contributed by atoms with Crippen LogP contribution in [0, 0.1) is 0 Å². The Hall–Kier alpha value is -0.190. The lowest BCUT2D eigenvalue weighted by Gasteiger charge is -2.31. The molecule has 0 saturated carbocycles. The van der Waals surface area contributed by atoms with Gasteiger partial charge in [-0.15, -0.1) is 0 Å². The van der Waals surface area contributed by atoms with Crippen LogP contribution in [-0.4, -0.2) is 41.3 Å². The molecule has 0 bridgehead atoms. The lowest BCUT2D eigenvalue weighted by atomic mass is 10.0. The third kappa shape index (κ3) is 1.28. The molecule has 60 valence electrons. The van der Waals surface area contributed by atoms with Gasteiger partial charge in [-0.1, -0.05) is 0 Å². The maximum atomic E-state index is 12.5. The van der Waals surface area contributed by atoms with E-state index in [0.717, 1.165) is 0 Å². The van der Waals surface area contributed by atoms with Gasteiger partial charge in [-0.3, -0.25) is 0 Å². The van der Waals surface area contributed by atoms with Crippen LogP contribution in [0.5, 0.6) is 0 Å². The van der Waals surface area contributed by atoms with Crippen LogP contribution < -0.4 is 0 Å². The molecule has 0 unspecified atom stereocenters. The fraction of sp³-hybridized carbons (Fsp3) is 1.00. The Morgan fingerprint density at radius 3 is 2.50 bits per heavy atom. The van der Waals surface area contributed by atoms with Crippen LogP contribution in [0.4, 0.5) is 4.39 Å². The number of aliphatic hydroxyl groups is 2. The number of halogens is 1. The van der Waals surface area contributed by atoms with Crippen molar-refractivity contribution < 1.29 is 19.3 Å². The molecule has 4 heteroatoms. The summed E-state index contributed by atoms with van der Waals surface area (Å²) in [5.74, 6) is 0. The summed E-state index contributed by atoms with van der Waals surface area (Å²) in [6.07, 6.45) is -4.30. The Balaban J connectivity index is 2.52. The number of hydrogen-bond acceptors (Lipinski definition) is 3. The number of rotatable bonds is 0.